The minimum atomic E-state index is -0.638. The highest BCUT2D eigenvalue weighted by Gasteiger charge is 2.34. The van der Waals surface area contributed by atoms with Gasteiger partial charge in [-0.15, -0.1) is 0 Å². The zero-order valence-electron chi connectivity index (χ0n) is 17.3. The topological polar surface area (TPSA) is 88.1 Å². The summed E-state index contributed by atoms with van der Waals surface area (Å²) in [5, 5.41) is 8.95. The Hall–Kier alpha value is -2.41. The lowest BCUT2D eigenvalue weighted by molar-refractivity contribution is -0.124. The number of imidazole rings is 1. The van der Waals surface area contributed by atoms with E-state index in [0.717, 1.165) is 49.4 Å². The average molecular weight is 386 g/mol. The van der Waals surface area contributed by atoms with Crippen molar-refractivity contribution >= 4 is 17.4 Å². The van der Waals surface area contributed by atoms with Gasteiger partial charge in [-0.3, -0.25) is 9.59 Å². The molecule has 1 aromatic rings. The molecule has 1 aromatic heterocycles. The molecule has 0 spiro atoms. The molecule has 3 rings (SSSR count). The number of nitrogens with zero attached hydrogens (tertiary/aromatic N) is 2. The van der Waals surface area contributed by atoms with Crippen LogP contribution < -0.4 is 16.0 Å². The van der Waals surface area contributed by atoms with Gasteiger partial charge in [-0.2, -0.15) is 0 Å². The van der Waals surface area contributed by atoms with Crippen LogP contribution in [0.3, 0.4) is 0 Å². The molecule has 3 N–H and O–H groups in total. The van der Waals surface area contributed by atoms with Crippen molar-refractivity contribution in [2.24, 2.45) is 5.41 Å². The number of rotatable bonds is 4. The number of carbonyl (C=O) groups is 2. The minimum Gasteiger partial charge on any atom is -0.357 e. The van der Waals surface area contributed by atoms with Crippen LogP contribution >= 0.6 is 0 Å². The highest BCUT2D eigenvalue weighted by molar-refractivity contribution is 5.97. The molecule has 0 fully saturated rings. The van der Waals surface area contributed by atoms with E-state index >= 15 is 0 Å². The Kier molecular flexibility index (Phi) is 6.03. The van der Waals surface area contributed by atoms with Crippen LogP contribution in [0.15, 0.2) is 18.2 Å². The van der Waals surface area contributed by atoms with Gasteiger partial charge < -0.3 is 20.5 Å². The SMILES string of the molecule is CNC(=O)[C@@H](NC(=O)c1nc(C2=CC=CCC2)n2c1CNCCC2)C(C)(C)C. The molecule has 0 saturated carbocycles. The van der Waals surface area contributed by atoms with Crippen LogP contribution in [0.1, 0.15) is 62.0 Å². The first-order valence-electron chi connectivity index (χ1n) is 10.0. The van der Waals surface area contributed by atoms with Crippen molar-refractivity contribution in [2.45, 2.75) is 59.2 Å². The van der Waals surface area contributed by atoms with E-state index in [9.17, 15) is 9.59 Å². The van der Waals surface area contributed by atoms with Gasteiger partial charge in [-0.1, -0.05) is 39.0 Å². The molecule has 0 aromatic carbocycles. The summed E-state index contributed by atoms with van der Waals surface area (Å²) in [7, 11) is 1.58. The molecular weight excluding hydrogens is 354 g/mol. The summed E-state index contributed by atoms with van der Waals surface area (Å²) < 4.78 is 2.17. The molecule has 1 atom stereocenters. The fourth-order valence-electron chi connectivity index (χ4n) is 3.71. The maximum Gasteiger partial charge on any atom is 0.272 e. The summed E-state index contributed by atoms with van der Waals surface area (Å²) in [5.41, 5.74) is 2.05. The third-order valence-electron chi connectivity index (χ3n) is 5.27. The molecule has 1 aliphatic heterocycles. The largest absolute Gasteiger partial charge is 0.357 e. The van der Waals surface area contributed by atoms with E-state index in [1.165, 1.54) is 0 Å². The third-order valence-corrected chi connectivity index (χ3v) is 5.27. The summed E-state index contributed by atoms with van der Waals surface area (Å²) in [6.07, 6.45) is 9.17. The Labute approximate surface area is 166 Å². The van der Waals surface area contributed by atoms with Crippen LogP contribution in [-0.2, 0) is 17.9 Å². The maximum absolute atomic E-state index is 13.2. The molecule has 7 nitrogen and oxygen atoms in total. The molecule has 1 aliphatic carbocycles. The predicted molar refractivity (Wildman–Crippen MR) is 110 cm³/mol. The van der Waals surface area contributed by atoms with Crippen molar-refractivity contribution in [1.82, 2.24) is 25.5 Å². The molecule has 0 saturated heterocycles. The number of likely N-dealkylation sites (N-methyl/N-ethyl adjacent to an activating group) is 1. The van der Waals surface area contributed by atoms with E-state index in [1.807, 2.05) is 20.8 Å². The summed E-state index contributed by atoms with van der Waals surface area (Å²) in [5.74, 6) is 0.374. The van der Waals surface area contributed by atoms with Crippen molar-refractivity contribution in [1.29, 1.82) is 0 Å². The van der Waals surface area contributed by atoms with Gasteiger partial charge in [0.05, 0.1) is 5.69 Å². The van der Waals surface area contributed by atoms with E-state index in [2.05, 4.69) is 38.7 Å². The number of aromatic nitrogens is 2. The van der Waals surface area contributed by atoms with Crippen molar-refractivity contribution in [3.8, 4) is 0 Å². The molecule has 0 bridgehead atoms. The Morgan fingerprint density at radius 1 is 1.32 bits per heavy atom. The summed E-state index contributed by atoms with van der Waals surface area (Å²) in [4.78, 5) is 30.3. The Morgan fingerprint density at radius 2 is 2.11 bits per heavy atom. The third kappa shape index (κ3) is 4.19. The lowest BCUT2D eigenvalue weighted by Gasteiger charge is -2.29. The minimum absolute atomic E-state index is 0.204. The standard InChI is InChI=1S/C21H31N5O2/c1-21(2,3)17(20(28)22-4)25-19(27)16-15-13-23-11-8-12-26(15)18(24-16)14-9-6-5-7-10-14/h5-6,9,17,23H,7-8,10-13H2,1-4H3,(H,22,28)(H,25,27)/t17-/m1/s1. The predicted octanol–water partition coefficient (Wildman–Crippen LogP) is 2.00. The lowest BCUT2D eigenvalue weighted by atomic mass is 9.86. The lowest BCUT2D eigenvalue weighted by Crippen LogP contribution is -2.53. The second-order valence-electron chi connectivity index (χ2n) is 8.46. The van der Waals surface area contributed by atoms with Crippen LogP contribution in [0, 0.1) is 5.41 Å². The second-order valence-corrected chi connectivity index (χ2v) is 8.46. The molecule has 7 heteroatoms. The van der Waals surface area contributed by atoms with Crippen molar-refractivity contribution in [3.05, 3.63) is 35.4 Å². The Bertz CT molecular complexity index is 813. The Morgan fingerprint density at radius 3 is 2.75 bits per heavy atom. The van der Waals surface area contributed by atoms with Crippen LogP contribution in [0.5, 0.6) is 0 Å². The van der Waals surface area contributed by atoms with E-state index in [-0.39, 0.29) is 11.8 Å². The van der Waals surface area contributed by atoms with Crippen LogP contribution in [0.25, 0.3) is 5.57 Å². The normalized spacial score (nSPS) is 17.9. The van der Waals surface area contributed by atoms with E-state index in [4.69, 9.17) is 4.98 Å². The van der Waals surface area contributed by atoms with Crippen LogP contribution in [0.2, 0.25) is 0 Å². The summed E-state index contributed by atoms with van der Waals surface area (Å²) in [6.45, 7) is 8.15. The number of allylic oxidation sites excluding steroid dienone is 4. The van der Waals surface area contributed by atoms with E-state index in [1.54, 1.807) is 7.05 Å². The molecule has 152 valence electrons. The number of hydrogen-bond donors (Lipinski definition) is 3. The fourth-order valence-corrected chi connectivity index (χ4v) is 3.71. The maximum atomic E-state index is 13.2. The van der Waals surface area contributed by atoms with E-state index in [0.29, 0.717) is 12.2 Å². The van der Waals surface area contributed by atoms with Gasteiger partial charge in [-0.05, 0) is 36.8 Å². The highest BCUT2D eigenvalue weighted by atomic mass is 16.2. The first-order valence-corrected chi connectivity index (χ1v) is 10.0. The van der Waals surface area contributed by atoms with Gasteiger partial charge in [-0.25, -0.2) is 4.98 Å². The molecule has 28 heavy (non-hydrogen) atoms. The quantitative estimate of drug-likeness (QED) is 0.740. The van der Waals surface area contributed by atoms with Gasteiger partial charge in [0.1, 0.15) is 11.9 Å². The van der Waals surface area contributed by atoms with Crippen LogP contribution in [-0.4, -0.2) is 41.0 Å². The van der Waals surface area contributed by atoms with Gasteiger partial charge in [0.25, 0.3) is 5.91 Å². The monoisotopic (exact) mass is 385 g/mol. The first kappa shape index (κ1) is 20.3. The van der Waals surface area contributed by atoms with Crippen molar-refractivity contribution in [2.75, 3.05) is 13.6 Å². The van der Waals surface area contributed by atoms with Crippen LogP contribution in [0.4, 0.5) is 0 Å². The van der Waals surface area contributed by atoms with E-state index < -0.39 is 11.5 Å². The number of nitrogens with one attached hydrogen (secondary N) is 3. The molecule has 2 aliphatic rings. The number of amides is 2. The smallest absolute Gasteiger partial charge is 0.272 e. The fraction of sp³-hybridized carbons (Fsp3) is 0.571. The molecular formula is C21H31N5O2. The number of carbonyl (C=O) groups excluding carboxylic acids is 2. The van der Waals surface area contributed by atoms with Crippen molar-refractivity contribution in [3.63, 3.8) is 0 Å². The first-order chi connectivity index (χ1) is 13.3. The van der Waals surface area contributed by atoms with Crippen molar-refractivity contribution < 1.29 is 9.59 Å². The molecule has 2 amide bonds. The number of fused-ring (bicyclic) bond motifs is 1. The zero-order chi connectivity index (χ0) is 20.3. The molecule has 0 unspecified atom stereocenters. The summed E-state index contributed by atoms with van der Waals surface area (Å²) in [6, 6.07) is -0.638. The average Bonchev–Trinajstić information content (AvgIpc) is 2.86. The van der Waals surface area contributed by atoms with Gasteiger partial charge in [0, 0.05) is 20.1 Å². The molecule has 0 radical (unpaired) electrons. The Balaban J connectivity index is 1.97. The zero-order valence-corrected chi connectivity index (χ0v) is 17.3. The number of hydrogen-bond acceptors (Lipinski definition) is 4. The molecule has 2 heterocycles. The van der Waals surface area contributed by atoms with Gasteiger partial charge >= 0.3 is 0 Å². The second kappa shape index (κ2) is 8.31. The van der Waals surface area contributed by atoms with Gasteiger partial charge in [0.2, 0.25) is 5.91 Å². The highest BCUT2D eigenvalue weighted by Crippen LogP contribution is 2.27. The summed E-state index contributed by atoms with van der Waals surface area (Å²) >= 11 is 0. The van der Waals surface area contributed by atoms with Gasteiger partial charge in [0.15, 0.2) is 5.69 Å².